The molecule has 0 spiro atoms. The lowest BCUT2D eigenvalue weighted by atomic mass is 10.2. The Morgan fingerprint density at radius 1 is 1.04 bits per heavy atom. The molecule has 0 atom stereocenters. The second-order valence-corrected chi connectivity index (χ2v) is 6.15. The van der Waals surface area contributed by atoms with Crippen molar-refractivity contribution < 1.29 is 9.47 Å². The summed E-state index contributed by atoms with van der Waals surface area (Å²) in [5, 5.41) is 7.92. The highest BCUT2D eigenvalue weighted by atomic mass is 35.5. The van der Waals surface area contributed by atoms with Gasteiger partial charge < -0.3 is 20.1 Å². The zero-order valence-corrected chi connectivity index (χ0v) is 14.4. The third kappa shape index (κ3) is 4.19. The summed E-state index contributed by atoms with van der Waals surface area (Å²) >= 11 is 17.3. The molecule has 0 radical (unpaired) electrons. The highest BCUT2D eigenvalue weighted by molar-refractivity contribution is 7.80. The second kappa shape index (κ2) is 7.25. The molecule has 0 fully saturated rings. The molecule has 1 aliphatic heterocycles. The van der Waals surface area contributed by atoms with Crippen LogP contribution in [0.5, 0.6) is 11.5 Å². The van der Waals surface area contributed by atoms with E-state index >= 15 is 0 Å². The van der Waals surface area contributed by atoms with Gasteiger partial charge in [0.2, 0.25) is 0 Å². The van der Waals surface area contributed by atoms with Crippen LogP contribution in [0.4, 0.5) is 5.69 Å². The van der Waals surface area contributed by atoms with Crippen LogP contribution in [0.2, 0.25) is 10.0 Å². The number of anilines is 1. The quantitative estimate of drug-likeness (QED) is 0.792. The smallest absolute Gasteiger partial charge is 0.171 e. The van der Waals surface area contributed by atoms with E-state index in [4.69, 9.17) is 44.9 Å². The average Bonchev–Trinajstić information content (AvgIpc) is 2.54. The van der Waals surface area contributed by atoms with Crippen molar-refractivity contribution in [1.82, 2.24) is 5.32 Å². The van der Waals surface area contributed by atoms with Gasteiger partial charge in [0, 0.05) is 28.3 Å². The molecular weight excluding hydrogens is 355 g/mol. The molecule has 0 amide bonds. The molecule has 2 aromatic carbocycles. The van der Waals surface area contributed by atoms with Crippen LogP contribution in [0.1, 0.15) is 5.56 Å². The van der Waals surface area contributed by atoms with Crippen molar-refractivity contribution in [3.8, 4) is 11.5 Å². The molecule has 0 saturated carbocycles. The molecule has 0 aromatic heterocycles. The van der Waals surface area contributed by atoms with Gasteiger partial charge in [0.15, 0.2) is 16.6 Å². The van der Waals surface area contributed by atoms with E-state index in [1.54, 1.807) is 12.1 Å². The van der Waals surface area contributed by atoms with Crippen LogP contribution in [-0.4, -0.2) is 18.3 Å². The fraction of sp³-hybridized carbons (Fsp3) is 0.188. The van der Waals surface area contributed by atoms with Crippen LogP contribution >= 0.6 is 35.4 Å². The van der Waals surface area contributed by atoms with E-state index in [1.165, 1.54) is 0 Å². The molecular formula is C16H14Cl2N2O2S. The van der Waals surface area contributed by atoms with E-state index in [1.807, 2.05) is 24.3 Å². The number of benzene rings is 2. The van der Waals surface area contributed by atoms with Crippen molar-refractivity contribution >= 4 is 46.2 Å². The van der Waals surface area contributed by atoms with Crippen molar-refractivity contribution in [2.75, 3.05) is 18.5 Å². The standard InChI is InChI=1S/C16H14Cl2N2O2S/c17-11-2-1-10(13(18)7-11)9-19-16(23)20-12-3-4-14-15(8-12)22-6-5-21-14/h1-4,7-8H,5-6,9H2,(H2,19,20,23). The molecule has 1 aliphatic rings. The predicted octanol–water partition coefficient (Wildman–Crippen LogP) is 4.25. The van der Waals surface area contributed by atoms with Crippen molar-refractivity contribution in [1.29, 1.82) is 0 Å². The molecule has 2 N–H and O–H groups in total. The minimum atomic E-state index is 0.493. The summed E-state index contributed by atoms with van der Waals surface area (Å²) in [6.45, 7) is 1.63. The average molecular weight is 369 g/mol. The van der Waals surface area contributed by atoms with Crippen molar-refractivity contribution in [3.63, 3.8) is 0 Å². The van der Waals surface area contributed by atoms with Crippen LogP contribution in [0.15, 0.2) is 36.4 Å². The van der Waals surface area contributed by atoms with Gasteiger partial charge in [-0.15, -0.1) is 0 Å². The number of nitrogens with one attached hydrogen (secondary N) is 2. The second-order valence-electron chi connectivity index (χ2n) is 4.90. The van der Waals surface area contributed by atoms with Gasteiger partial charge in [0.1, 0.15) is 13.2 Å². The van der Waals surface area contributed by atoms with E-state index in [2.05, 4.69) is 10.6 Å². The number of ether oxygens (including phenoxy) is 2. The lowest BCUT2D eigenvalue weighted by molar-refractivity contribution is 0.171. The van der Waals surface area contributed by atoms with Gasteiger partial charge in [-0.25, -0.2) is 0 Å². The van der Waals surface area contributed by atoms with Crippen molar-refractivity contribution in [2.24, 2.45) is 0 Å². The Balaban J connectivity index is 1.59. The molecule has 7 heteroatoms. The lowest BCUT2D eigenvalue weighted by Crippen LogP contribution is -2.28. The first-order valence-electron chi connectivity index (χ1n) is 7.00. The summed E-state index contributed by atoms with van der Waals surface area (Å²) in [6, 6.07) is 11.0. The molecule has 1 heterocycles. The third-order valence-electron chi connectivity index (χ3n) is 3.25. The monoisotopic (exact) mass is 368 g/mol. The van der Waals surface area contributed by atoms with Gasteiger partial charge in [0.05, 0.1) is 0 Å². The zero-order valence-electron chi connectivity index (χ0n) is 12.1. The molecule has 0 saturated heterocycles. The SMILES string of the molecule is S=C(NCc1ccc(Cl)cc1Cl)Nc1ccc2c(c1)OCCO2. The van der Waals surface area contributed by atoms with Crippen molar-refractivity contribution in [3.05, 3.63) is 52.0 Å². The summed E-state index contributed by atoms with van der Waals surface area (Å²) < 4.78 is 11.0. The van der Waals surface area contributed by atoms with Gasteiger partial charge in [-0.3, -0.25) is 0 Å². The summed E-state index contributed by atoms with van der Waals surface area (Å²) in [6.07, 6.45) is 0. The largest absolute Gasteiger partial charge is 0.486 e. The van der Waals surface area contributed by atoms with E-state index < -0.39 is 0 Å². The number of hydrogen-bond donors (Lipinski definition) is 2. The van der Waals surface area contributed by atoms with Crippen LogP contribution < -0.4 is 20.1 Å². The first-order chi connectivity index (χ1) is 11.1. The van der Waals surface area contributed by atoms with E-state index in [0.717, 1.165) is 17.0 Å². The molecule has 120 valence electrons. The zero-order chi connectivity index (χ0) is 16.2. The first kappa shape index (κ1) is 16.2. The Labute approximate surface area is 149 Å². The fourth-order valence-corrected chi connectivity index (χ4v) is 2.80. The van der Waals surface area contributed by atoms with Gasteiger partial charge in [0.25, 0.3) is 0 Å². The van der Waals surface area contributed by atoms with Gasteiger partial charge in [-0.2, -0.15) is 0 Å². The maximum absolute atomic E-state index is 6.13. The maximum Gasteiger partial charge on any atom is 0.171 e. The third-order valence-corrected chi connectivity index (χ3v) is 4.09. The Kier molecular flexibility index (Phi) is 5.10. The molecule has 0 unspecified atom stereocenters. The summed E-state index contributed by atoms with van der Waals surface area (Å²) in [5.74, 6) is 1.46. The molecule has 23 heavy (non-hydrogen) atoms. The Morgan fingerprint density at radius 2 is 1.83 bits per heavy atom. The molecule has 0 bridgehead atoms. The normalized spacial score (nSPS) is 12.6. The Hall–Kier alpha value is -1.69. The van der Waals surface area contributed by atoms with Crippen LogP contribution in [0, 0.1) is 0 Å². The predicted molar refractivity (Wildman–Crippen MR) is 97.0 cm³/mol. The highest BCUT2D eigenvalue weighted by Gasteiger charge is 2.12. The van der Waals surface area contributed by atoms with Crippen LogP contribution in [0.3, 0.4) is 0 Å². The van der Waals surface area contributed by atoms with Gasteiger partial charge >= 0.3 is 0 Å². The summed E-state index contributed by atoms with van der Waals surface area (Å²) in [4.78, 5) is 0. The Bertz CT molecular complexity index is 740. The molecule has 2 aromatic rings. The number of hydrogen-bond acceptors (Lipinski definition) is 3. The van der Waals surface area contributed by atoms with Gasteiger partial charge in [-0.05, 0) is 42.0 Å². The van der Waals surface area contributed by atoms with Gasteiger partial charge in [-0.1, -0.05) is 29.3 Å². The van der Waals surface area contributed by atoms with E-state index in [9.17, 15) is 0 Å². The topological polar surface area (TPSA) is 42.5 Å². The minimum Gasteiger partial charge on any atom is -0.486 e. The summed E-state index contributed by atoms with van der Waals surface area (Å²) in [5.41, 5.74) is 1.75. The fourth-order valence-electron chi connectivity index (χ4n) is 2.14. The first-order valence-corrected chi connectivity index (χ1v) is 8.17. The molecule has 3 rings (SSSR count). The number of rotatable bonds is 3. The van der Waals surface area contributed by atoms with Crippen LogP contribution in [0.25, 0.3) is 0 Å². The van der Waals surface area contributed by atoms with E-state index in [0.29, 0.717) is 40.7 Å². The number of halogens is 2. The lowest BCUT2D eigenvalue weighted by Gasteiger charge is -2.19. The number of thiocarbonyl (C=S) groups is 1. The van der Waals surface area contributed by atoms with Crippen molar-refractivity contribution in [2.45, 2.75) is 6.54 Å². The molecule has 0 aliphatic carbocycles. The van der Waals surface area contributed by atoms with Crippen LogP contribution in [-0.2, 0) is 6.54 Å². The maximum atomic E-state index is 6.13. The number of fused-ring (bicyclic) bond motifs is 1. The van der Waals surface area contributed by atoms with E-state index in [-0.39, 0.29) is 0 Å². The minimum absolute atomic E-state index is 0.493. The summed E-state index contributed by atoms with van der Waals surface area (Å²) in [7, 11) is 0. The highest BCUT2D eigenvalue weighted by Crippen LogP contribution is 2.32. The Morgan fingerprint density at radius 3 is 2.61 bits per heavy atom. The molecule has 4 nitrogen and oxygen atoms in total.